The van der Waals surface area contributed by atoms with Gasteiger partial charge in [-0.05, 0) is 13.1 Å². The third-order valence-electron chi connectivity index (χ3n) is 3.18. The lowest BCUT2D eigenvalue weighted by Crippen LogP contribution is -2.43. The smallest absolute Gasteiger partial charge is 0.174 e. The maximum atomic E-state index is 11.7. The Morgan fingerprint density at radius 1 is 1.68 bits per heavy atom. The second kappa shape index (κ2) is 6.36. The number of likely N-dealkylation sites (N-methyl/N-ethyl adjacent to an activating group) is 1. The Kier molecular flexibility index (Phi) is 4.79. The van der Waals surface area contributed by atoms with Crippen molar-refractivity contribution in [2.75, 3.05) is 44.3 Å². The molecule has 1 fully saturated rings. The lowest BCUT2D eigenvalue weighted by atomic mass is 10.2. The number of nitrogens with zero attached hydrogens (tertiary/aromatic N) is 1. The molecule has 19 heavy (non-hydrogen) atoms. The van der Waals surface area contributed by atoms with E-state index in [4.69, 9.17) is 10.5 Å². The molecular formula is C13H21N3O2S. The molecule has 0 amide bonds. The number of hydrogen-bond acceptors (Lipinski definition) is 6. The fraction of sp³-hybridized carbons (Fsp3) is 0.615. The van der Waals surface area contributed by atoms with Crippen LogP contribution in [0.5, 0.6) is 0 Å². The Labute approximate surface area is 117 Å². The Balaban J connectivity index is 1.91. The molecule has 1 aromatic heterocycles. The third kappa shape index (κ3) is 3.68. The molecule has 0 bridgehead atoms. The van der Waals surface area contributed by atoms with Gasteiger partial charge in [0.15, 0.2) is 5.78 Å². The first-order valence-electron chi connectivity index (χ1n) is 6.56. The predicted octanol–water partition coefficient (Wildman–Crippen LogP) is 1.67. The first kappa shape index (κ1) is 14.3. The van der Waals surface area contributed by atoms with Gasteiger partial charge in [-0.3, -0.25) is 4.79 Å². The average Bonchev–Trinajstić information content (AvgIpc) is 2.77. The number of nitrogens with two attached hydrogens (primary N) is 1. The van der Waals surface area contributed by atoms with Crippen molar-refractivity contribution < 1.29 is 9.53 Å². The zero-order valence-electron chi connectivity index (χ0n) is 11.4. The van der Waals surface area contributed by atoms with Gasteiger partial charge in [0.1, 0.15) is 0 Å². The van der Waals surface area contributed by atoms with Gasteiger partial charge < -0.3 is 20.7 Å². The van der Waals surface area contributed by atoms with Crippen LogP contribution in [0.3, 0.4) is 0 Å². The molecule has 1 aliphatic heterocycles. The van der Waals surface area contributed by atoms with Gasteiger partial charge in [0, 0.05) is 26.1 Å². The van der Waals surface area contributed by atoms with Crippen LogP contribution in [0.15, 0.2) is 6.07 Å². The summed E-state index contributed by atoms with van der Waals surface area (Å²) in [7, 11) is 2.09. The molecular weight excluding hydrogens is 262 g/mol. The van der Waals surface area contributed by atoms with Crippen LogP contribution >= 0.6 is 11.3 Å². The number of carbonyl (C=O) groups excluding carboxylic acids is 1. The molecule has 0 spiro atoms. The minimum Gasteiger partial charge on any atom is -0.397 e. The van der Waals surface area contributed by atoms with E-state index in [-0.39, 0.29) is 11.9 Å². The topological polar surface area (TPSA) is 67.6 Å². The summed E-state index contributed by atoms with van der Waals surface area (Å²) in [6.45, 7) is 5.27. The van der Waals surface area contributed by atoms with Gasteiger partial charge in [-0.2, -0.15) is 0 Å². The van der Waals surface area contributed by atoms with Crippen LogP contribution in [0.1, 0.15) is 23.0 Å². The van der Waals surface area contributed by atoms with Gasteiger partial charge in [0.2, 0.25) is 0 Å². The number of morpholine rings is 1. The molecule has 1 aromatic rings. The van der Waals surface area contributed by atoms with E-state index < -0.39 is 0 Å². The van der Waals surface area contributed by atoms with Crippen LogP contribution < -0.4 is 11.1 Å². The zero-order chi connectivity index (χ0) is 13.8. The summed E-state index contributed by atoms with van der Waals surface area (Å²) in [4.78, 5) is 14.6. The SMILES string of the molecule is CCC(=O)c1sc(NCC2CN(C)CCO2)cc1N. The fourth-order valence-electron chi connectivity index (χ4n) is 2.08. The van der Waals surface area contributed by atoms with E-state index in [1.807, 2.05) is 13.0 Å². The van der Waals surface area contributed by atoms with Crippen LogP contribution in [-0.2, 0) is 4.74 Å². The van der Waals surface area contributed by atoms with Gasteiger partial charge in [0.25, 0.3) is 0 Å². The number of rotatable bonds is 5. The summed E-state index contributed by atoms with van der Waals surface area (Å²) in [6.07, 6.45) is 0.674. The zero-order valence-corrected chi connectivity index (χ0v) is 12.3. The molecule has 1 saturated heterocycles. The van der Waals surface area contributed by atoms with Crippen LogP contribution in [0.4, 0.5) is 10.7 Å². The molecule has 2 heterocycles. The summed E-state index contributed by atoms with van der Waals surface area (Å²) < 4.78 is 5.68. The molecule has 1 aliphatic rings. The first-order valence-corrected chi connectivity index (χ1v) is 7.38. The minimum atomic E-state index is 0.101. The summed E-state index contributed by atoms with van der Waals surface area (Å²) in [5.41, 5.74) is 6.43. The quantitative estimate of drug-likeness (QED) is 0.805. The Morgan fingerprint density at radius 2 is 2.47 bits per heavy atom. The summed E-state index contributed by atoms with van der Waals surface area (Å²) in [5, 5.41) is 4.25. The van der Waals surface area contributed by atoms with Gasteiger partial charge in [0.05, 0.1) is 28.3 Å². The van der Waals surface area contributed by atoms with Gasteiger partial charge in [-0.1, -0.05) is 6.92 Å². The maximum Gasteiger partial charge on any atom is 0.174 e. The number of Topliss-reactive ketones (excluding diaryl/α,β-unsaturated/α-hetero) is 1. The van der Waals surface area contributed by atoms with Crippen molar-refractivity contribution in [1.29, 1.82) is 0 Å². The van der Waals surface area contributed by atoms with Crippen molar-refractivity contribution in [3.63, 3.8) is 0 Å². The highest BCUT2D eigenvalue weighted by atomic mass is 32.1. The van der Waals surface area contributed by atoms with E-state index in [9.17, 15) is 4.79 Å². The van der Waals surface area contributed by atoms with E-state index in [2.05, 4.69) is 17.3 Å². The third-order valence-corrected chi connectivity index (χ3v) is 4.33. The number of nitrogens with one attached hydrogen (secondary N) is 1. The molecule has 0 aromatic carbocycles. The monoisotopic (exact) mass is 283 g/mol. The highest BCUT2D eigenvalue weighted by Gasteiger charge is 2.18. The van der Waals surface area contributed by atoms with Crippen molar-refractivity contribution in [3.8, 4) is 0 Å². The molecule has 1 atom stereocenters. The summed E-state index contributed by atoms with van der Waals surface area (Å²) in [6, 6.07) is 1.83. The van der Waals surface area contributed by atoms with Crippen LogP contribution in [0.2, 0.25) is 0 Å². The highest BCUT2D eigenvalue weighted by Crippen LogP contribution is 2.30. The average molecular weight is 283 g/mol. The molecule has 1 unspecified atom stereocenters. The van der Waals surface area contributed by atoms with Crippen molar-refractivity contribution in [2.45, 2.75) is 19.4 Å². The van der Waals surface area contributed by atoms with E-state index in [1.54, 1.807) is 0 Å². The molecule has 0 saturated carbocycles. The Morgan fingerprint density at radius 3 is 3.16 bits per heavy atom. The second-order valence-electron chi connectivity index (χ2n) is 4.81. The number of carbonyl (C=O) groups is 1. The van der Waals surface area contributed by atoms with Crippen molar-refractivity contribution in [2.24, 2.45) is 0 Å². The lowest BCUT2D eigenvalue weighted by molar-refractivity contribution is -0.0116. The van der Waals surface area contributed by atoms with Crippen molar-refractivity contribution in [1.82, 2.24) is 4.90 Å². The number of ether oxygens (including phenoxy) is 1. The van der Waals surface area contributed by atoms with Crippen molar-refractivity contribution >= 4 is 27.8 Å². The van der Waals surface area contributed by atoms with E-state index in [0.717, 1.165) is 31.2 Å². The number of thiophene rings is 1. The van der Waals surface area contributed by atoms with Crippen LogP contribution in [0, 0.1) is 0 Å². The molecule has 2 rings (SSSR count). The number of ketones is 1. The number of anilines is 2. The summed E-state index contributed by atoms with van der Waals surface area (Å²) in [5.74, 6) is 0.101. The van der Waals surface area contributed by atoms with Gasteiger partial charge >= 0.3 is 0 Å². The molecule has 0 aliphatic carbocycles. The highest BCUT2D eigenvalue weighted by molar-refractivity contribution is 7.18. The Bertz CT molecular complexity index is 447. The second-order valence-corrected chi connectivity index (χ2v) is 5.86. The number of nitrogen functional groups attached to an aromatic ring is 1. The van der Waals surface area contributed by atoms with Gasteiger partial charge in [-0.25, -0.2) is 0 Å². The molecule has 5 nitrogen and oxygen atoms in total. The van der Waals surface area contributed by atoms with E-state index in [0.29, 0.717) is 17.0 Å². The van der Waals surface area contributed by atoms with Crippen LogP contribution in [-0.4, -0.2) is 50.1 Å². The van der Waals surface area contributed by atoms with E-state index >= 15 is 0 Å². The van der Waals surface area contributed by atoms with E-state index in [1.165, 1.54) is 11.3 Å². The molecule has 106 valence electrons. The summed E-state index contributed by atoms with van der Waals surface area (Å²) >= 11 is 1.43. The molecule has 0 radical (unpaired) electrons. The van der Waals surface area contributed by atoms with Crippen LogP contribution in [0.25, 0.3) is 0 Å². The Hall–Kier alpha value is -1.11. The van der Waals surface area contributed by atoms with Gasteiger partial charge in [-0.15, -0.1) is 11.3 Å². The number of hydrogen-bond donors (Lipinski definition) is 2. The largest absolute Gasteiger partial charge is 0.397 e. The minimum absolute atomic E-state index is 0.101. The molecule has 3 N–H and O–H groups in total. The predicted molar refractivity (Wildman–Crippen MR) is 79.1 cm³/mol. The maximum absolute atomic E-state index is 11.7. The fourth-order valence-corrected chi connectivity index (χ4v) is 3.07. The van der Waals surface area contributed by atoms with Crippen molar-refractivity contribution in [3.05, 3.63) is 10.9 Å². The standard InChI is InChI=1S/C13H21N3O2S/c1-3-11(17)13-10(14)6-12(19-13)15-7-9-8-16(2)4-5-18-9/h6,9,15H,3-5,7-8,14H2,1-2H3. The first-order chi connectivity index (χ1) is 9.10. The molecule has 6 heteroatoms. The normalized spacial score (nSPS) is 20.4. The lowest BCUT2D eigenvalue weighted by Gasteiger charge is -2.30.